The van der Waals surface area contributed by atoms with E-state index in [1.807, 2.05) is 18.2 Å². The second-order valence-electron chi connectivity index (χ2n) is 5.65. The Labute approximate surface area is 126 Å². The van der Waals surface area contributed by atoms with Gasteiger partial charge in [0.2, 0.25) is 5.91 Å². The number of aromatic amines is 1. The fourth-order valence-corrected chi connectivity index (χ4v) is 3.08. The number of H-pyrrole nitrogens is 1. The van der Waals surface area contributed by atoms with Crippen molar-refractivity contribution in [3.63, 3.8) is 0 Å². The lowest BCUT2D eigenvalue weighted by atomic mass is 9.86. The molecule has 6 heteroatoms. The highest BCUT2D eigenvalue weighted by atomic mass is 16.3. The molecule has 4 rings (SSSR count). The molecule has 1 unspecified atom stereocenters. The standard InChI is InChI=1S/C16H16N4O2/c1-9-18-14-7-10(5-6-15(14)22-9)19-16(21)11-3-2-4-13-12(11)8-17-20-13/h5-8,11H,2-4H2,1H3,(H,17,20)(H,19,21). The Morgan fingerprint density at radius 1 is 1.45 bits per heavy atom. The number of aryl methyl sites for hydroxylation is 2. The zero-order valence-electron chi connectivity index (χ0n) is 12.2. The van der Waals surface area contributed by atoms with Gasteiger partial charge in [0.05, 0.1) is 12.1 Å². The first-order valence-corrected chi connectivity index (χ1v) is 7.41. The van der Waals surface area contributed by atoms with Crippen LogP contribution in [0.3, 0.4) is 0 Å². The number of hydrogen-bond donors (Lipinski definition) is 2. The van der Waals surface area contributed by atoms with E-state index in [1.165, 1.54) is 0 Å². The van der Waals surface area contributed by atoms with Crippen molar-refractivity contribution in [1.29, 1.82) is 0 Å². The Bertz CT molecular complexity index is 849. The molecule has 1 aliphatic rings. The summed E-state index contributed by atoms with van der Waals surface area (Å²) in [7, 11) is 0. The number of aromatic nitrogens is 3. The van der Waals surface area contributed by atoms with E-state index in [9.17, 15) is 4.79 Å². The minimum absolute atomic E-state index is 0.00177. The van der Waals surface area contributed by atoms with Crippen molar-refractivity contribution >= 4 is 22.7 Å². The van der Waals surface area contributed by atoms with Gasteiger partial charge < -0.3 is 9.73 Å². The van der Waals surface area contributed by atoms with Crippen LogP contribution in [-0.2, 0) is 11.2 Å². The molecular weight excluding hydrogens is 280 g/mol. The van der Waals surface area contributed by atoms with E-state index < -0.39 is 0 Å². The lowest BCUT2D eigenvalue weighted by Crippen LogP contribution is -2.24. The van der Waals surface area contributed by atoms with Crippen molar-refractivity contribution in [2.24, 2.45) is 0 Å². The van der Waals surface area contributed by atoms with Crippen molar-refractivity contribution in [2.45, 2.75) is 32.1 Å². The number of oxazole rings is 1. The summed E-state index contributed by atoms with van der Waals surface area (Å²) in [5, 5.41) is 10.0. The minimum atomic E-state index is -0.141. The van der Waals surface area contributed by atoms with Gasteiger partial charge >= 0.3 is 0 Å². The molecule has 2 N–H and O–H groups in total. The fraction of sp³-hybridized carbons (Fsp3) is 0.312. The van der Waals surface area contributed by atoms with Gasteiger partial charge in [-0.3, -0.25) is 9.89 Å². The average molecular weight is 296 g/mol. The SMILES string of the molecule is Cc1nc2cc(NC(=O)C3CCCc4[nH]ncc43)ccc2o1. The van der Waals surface area contributed by atoms with E-state index in [-0.39, 0.29) is 11.8 Å². The van der Waals surface area contributed by atoms with Crippen molar-refractivity contribution in [3.8, 4) is 0 Å². The molecule has 0 fully saturated rings. The molecule has 112 valence electrons. The first kappa shape index (κ1) is 13.1. The monoisotopic (exact) mass is 296 g/mol. The third-order valence-electron chi connectivity index (χ3n) is 4.13. The molecule has 1 aliphatic carbocycles. The largest absolute Gasteiger partial charge is 0.441 e. The maximum Gasteiger partial charge on any atom is 0.232 e. The van der Waals surface area contributed by atoms with E-state index >= 15 is 0 Å². The molecule has 0 bridgehead atoms. The molecule has 2 aromatic heterocycles. The summed E-state index contributed by atoms with van der Waals surface area (Å²) in [6.45, 7) is 1.81. The molecule has 2 heterocycles. The van der Waals surface area contributed by atoms with Crippen LogP contribution in [0.1, 0.15) is 35.9 Å². The number of rotatable bonds is 2. The molecule has 1 amide bonds. The molecule has 0 aliphatic heterocycles. The fourth-order valence-electron chi connectivity index (χ4n) is 3.08. The van der Waals surface area contributed by atoms with Crippen LogP contribution in [0.15, 0.2) is 28.8 Å². The Morgan fingerprint density at radius 3 is 3.27 bits per heavy atom. The molecule has 0 spiro atoms. The number of carbonyl (C=O) groups is 1. The molecule has 0 saturated heterocycles. The van der Waals surface area contributed by atoms with Gasteiger partial charge in [-0.15, -0.1) is 0 Å². The third kappa shape index (κ3) is 2.16. The molecule has 22 heavy (non-hydrogen) atoms. The molecule has 0 saturated carbocycles. The molecule has 0 radical (unpaired) electrons. The summed E-state index contributed by atoms with van der Waals surface area (Å²) in [6, 6.07) is 5.50. The summed E-state index contributed by atoms with van der Waals surface area (Å²) in [6.07, 6.45) is 4.57. The highest BCUT2D eigenvalue weighted by Crippen LogP contribution is 2.31. The van der Waals surface area contributed by atoms with Gasteiger partial charge in [0.25, 0.3) is 0 Å². The normalized spacial score (nSPS) is 17.4. The highest BCUT2D eigenvalue weighted by Gasteiger charge is 2.28. The quantitative estimate of drug-likeness (QED) is 0.761. The van der Waals surface area contributed by atoms with E-state index in [1.54, 1.807) is 13.1 Å². The lowest BCUT2D eigenvalue weighted by molar-refractivity contribution is -0.117. The van der Waals surface area contributed by atoms with Crippen LogP contribution in [0, 0.1) is 6.92 Å². The van der Waals surface area contributed by atoms with Crippen molar-refractivity contribution in [2.75, 3.05) is 5.32 Å². The minimum Gasteiger partial charge on any atom is -0.441 e. The van der Waals surface area contributed by atoms with Gasteiger partial charge in [0, 0.05) is 23.9 Å². The maximum absolute atomic E-state index is 12.6. The summed E-state index contributed by atoms with van der Waals surface area (Å²) in [4.78, 5) is 16.9. The van der Waals surface area contributed by atoms with Crippen LogP contribution in [0.5, 0.6) is 0 Å². The number of fused-ring (bicyclic) bond motifs is 2. The first-order valence-electron chi connectivity index (χ1n) is 7.41. The zero-order chi connectivity index (χ0) is 15.1. The number of anilines is 1. The molecule has 1 aromatic carbocycles. The number of nitrogens with zero attached hydrogens (tertiary/aromatic N) is 2. The van der Waals surface area contributed by atoms with Gasteiger partial charge in [-0.05, 0) is 37.5 Å². The van der Waals surface area contributed by atoms with Crippen LogP contribution in [-0.4, -0.2) is 21.1 Å². The number of amides is 1. The summed E-state index contributed by atoms with van der Waals surface area (Å²) in [5.41, 5.74) is 4.31. The Hall–Kier alpha value is -2.63. The molecule has 6 nitrogen and oxygen atoms in total. The van der Waals surface area contributed by atoms with E-state index in [4.69, 9.17) is 4.42 Å². The predicted octanol–water partition coefficient (Wildman–Crippen LogP) is 2.92. The van der Waals surface area contributed by atoms with Crippen LogP contribution in [0.4, 0.5) is 5.69 Å². The van der Waals surface area contributed by atoms with Gasteiger partial charge in [-0.25, -0.2) is 4.98 Å². The first-order chi connectivity index (χ1) is 10.7. The maximum atomic E-state index is 12.6. The van der Waals surface area contributed by atoms with Crippen LogP contribution in [0.2, 0.25) is 0 Å². The van der Waals surface area contributed by atoms with Gasteiger partial charge in [-0.2, -0.15) is 5.10 Å². The zero-order valence-corrected chi connectivity index (χ0v) is 12.2. The van der Waals surface area contributed by atoms with Gasteiger partial charge in [0.15, 0.2) is 11.5 Å². The van der Waals surface area contributed by atoms with Gasteiger partial charge in [-0.1, -0.05) is 0 Å². The number of nitrogens with one attached hydrogen (secondary N) is 2. The smallest absolute Gasteiger partial charge is 0.232 e. The van der Waals surface area contributed by atoms with Crippen LogP contribution < -0.4 is 5.32 Å². The Morgan fingerprint density at radius 2 is 2.36 bits per heavy atom. The van der Waals surface area contributed by atoms with Crippen molar-refractivity contribution in [1.82, 2.24) is 15.2 Å². The molecule has 3 aromatic rings. The summed E-state index contributed by atoms with van der Waals surface area (Å²) < 4.78 is 5.44. The van der Waals surface area contributed by atoms with E-state index in [2.05, 4.69) is 20.5 Å². The average Bonchev–Trinajstić information content (AvgIpc) is 3.11. The topological polar surface area (TPSA) is 83.8 Å². The van der Waals surface area contributed by atoms with Crippen molar-refractivity contribution in [3.05, 3.63) is 41.5 Å². The van der Waals surface area contributed by atoms with Crippen molar-refractivity contribution < 1.29 is 9.21 Å². The lowest BCUT2D eigenvalue weighted by Gasteiger charge is -2.21. The Kier molecular flexibility index (Phi) is 2.96. The summed E-state index contributed by atoms with van der Waals surface area (Å²) in [5.74, 6) is 0.480. The van der Waals surface area contributed by atoms with Gasteiger partial charge in [0.1, 0.15) is 5.52 Å². The van der Waals surface area contributed by atoms with E-state index in [0.29, 0.717) is 5.89 Å². The molecule has 1 atom stereocenters. The molecular formula is C16H16N4O2. The predicted molar refractivity (Wildman–Crippen MR) is 81.6 cm³/mol. The second-order valence-corrected chi connectivity index (χ2v) is 5.65. The summed E-state index contributed by atoms with van der Waals surface area (Å²) >= 11 is 0. The Balaban J connectivity index is 1.59. The second kappa shape index (κ2) is 4.98. The van der Waals surface area contributed by atoms with Crippen LogP contribution >= 0.6 is 0 Å². The number of benzene rings is 1. The number of carbonyl (C=O) groups excluding carboxylic acids is 1. The highest BCUT2D eigenvalue weighted by molar-refractivity contribution is 5.97. The van der Waals surface area contributed by atoms with E-state index in [0.717, 1.165) is 47.3 Å². The number of hydrogen-bond acceptors (Lipinski definition) is 4. The van der Waals surface area contributed by atoms with Crippen LogP contribution in [0.25, 0.3) is 11.1 Å². The third-order valence-corrected chi connectivity index (χ3v) is 4.13.